The number of hydrogen-bond acceptors (Lipinski definition) is 2. The molecular formula is C24H34ClFN2O. The van der Waals surface area contributed by atoms with Crippen LogP contribution in [0.4, 0.5) is 4.39 Å². The maximum absolute atomic E-state index is 13.3. The predicted molar refractivity (Wildman–Crippen MR) is 122 cm³/mol. The van der Waals surface area contributed by atoms with E-state index >= 15 is 0 Å². The van der Waals surface area contributed by atoms with Crippen molar-refractivity contribution in [2.45, 2.75) is 39.2 Å². The molecule has 0 saturated heterocycles. The van der Waals surface area contributed by atoms with Gasteiger partial charge in [0.05, 0.1) is 0 Å². The molecule has 0 radical (unpaired) electrons. The van der Waals surface area contributed by atoms with E-state index in [0.717, 1.165) is 17.6 Å². The molecule has 0 aliphatic rings. The highest BCUT2D eigenvalue weighted by molar-refractivity contribution is 6.31. The molecule has 1 amide bonds. The maximum Gasteiger partial charge on any atom is 0.220 e. The Morgan fingerprint density at radius 2 is 2.00 bits per heavy atom. The minimum Gasteiger partial charge on any atom is -0.355 e. The Hall–Kier alpha value is -1.91. The number of carbonyl (C=O) groups excluding carboxylic acids is 1. The fourth-order valence-corrected chi connectivity index (χ4v) is 3.56. The Morgan fingerprint density at radius 3 is 2.52 bits per heavy atom. The van der Waals surface area contributed by atoms with Crippen LogP contribution in [0, 0.1) is 17.7 Å². The molecule has 0 aromatic heterocycles. The first-order valence-corrected chi connectivity index (χ1v) is 10.4. The molecule has 2 unspecified atom stereocenters. The summed E-state index contributed by atoms with van der Waals surface area (Å²) in [7, 11) is 3.91. The average molecular weight is 421 g/mol. The van der Waals surface area contributed by atoms with E-state index in [2.05, 4.69) is 32.3 Å². The van der Waals surface area contributed by atoms with Crippen LogP contribution in [0.25, 0.3) is 0 Å². The first-order valence-electron chi connectivity index (χ1n) is 10.00. The summed E-state index contributed by atoms with van der Waals surface area (Å²) >= 11 is 6.17. The van der Waals surface area contributed by atoms with E-state index in [1.165, 1.54) is 12.1 Å². The van der Waals surface area contributed by atoms with Gasteiger partial charge in [0.1, 0.15) is 5.82 Å². The van der Waals surface area contributed by atoms with E-state index in [1.54, 1.807) is 18.2 Å². The molecule has 2 atom stereocenters. The van der Waals surface area contributed by atoms with Crippen LogP contribution in [-0.2, 0) is 11.2 Å². The summed E-state index contributed by atoms with van der Waals surface area (Å²) in [6, 6.07) is 4.48. The molecule has 160 valence electrons. The molecule has 29 heavy (non-hydrogen) atoms. The Morgan fingerprint density at radius 1 is 1.31 bits per heavy atom. The van der Waals surface area contributed by atoms with Crippen molar-refractivity contribution in [3.63, 3.8) is 0 Å². The SMILES string of the molecule is C=C/C=C(\C=C)C(CC(=O)NCC(Cc1ccc(F)cc1Cl)N(C)C)CC(C)C. The summed E-state index contributed by atoms with van der Waals surface area (Å²) < 4.78 is 13.3. The predicted octanol–water partition coefficient (Wildman–Crippen LogP) is 5.42. The number of likely N-dealkylation sites (N-methyl/N-ethyl adjacent to an activating group) is 1. The van der Waals surface area contributed by atoms with Crippen molar-refractivity contribution in [2.24, 2.45) is 11.8 Å². The van der Waals surface area contributed by atoms with Gasteiger partial charge in [-0.15, -0.1) is 0 Å². The number of carbonyl (C=O) groups is 1. The van der Waals surface area contributed by atoms with Crippen molar-refractivity contribution >= 4 is 17.5 Å². The van der Waals surface area contributed by atoms with Gasteiger partial charge >= 0.3 is 0 Å². The van der Waals surface area contributed by atoms with Crippen molar-refractivity contribution in [1.82, 2.24) is 10.2 Å². The van der Waals surface area contributed by atoms with Crippen molar-refractivity contribution in [3.05, 3.63) is 71.6 Å². The van der Waals surface area contributed by atoms with Gasteiger partial charge in [0.2, 0.25) is 5.91 Å². The molecule has 5 heteroatoms. The molecule has 0 spiro atoms. The minimum atomic E-state index is -0.352. The zero-order valence-corrected chi connectivity index (χ0v) is 18.8. The summed E-state index contributed by atoms with van der Waals surface area (Å²) in [5.74, 6) is 0.228. The summed E-state index contributed by atoms with van der Waals surface area (Å²) in [6.45, 7) is 12.4. The van der Waals surface area contributed by atoms with Crippen LogP contribution in [0.2, 0.25) is 5.02 Å². The Bertz CT molecular complexity index is 728. The second-order valence-electron chi connectivity index (χ2n) is 8.00. The third-order valence-corrected chi connectivity index (χ3v) is 5.29. The number of hydrogen-bond donors (Lipinski definition) is 1. The van der Waals surface area contributed by atoms with Crippen LogP contribution < -0.4 is 5.32 Å². The van der Waals surface area contributed by atoms with Crippen LogP contribution in [0.3, 0.4) is 0 Å². The standard InChI is InChI=1S/C24H34ClFN2O/c1-7-9-18(8-2)20(12-17(3)4)14-24(29)27-16-22(28(5)6)13-19-10-11-21(26)15-23(19)25/h7-11,15,17,20,22H,1-2,12-14,16H2,3-6H3,(H,27,29)/b18-9+. The number of rotatable bonds is 12. The lowest BCUT2D eigenvalue weighted by atomic mass is 9.87. The second kappa shape index (κ2) is 12.6. The van der Waals surface area contributed by atoms with Gasteiger partial charge in [-0.25, -0.2) is 4.39 Å². The molecule has 1 aromatic carbocycles. The van der Waals surface area contributed by atoms with E-state index in [4.69, 9.17) is 11.6 Å². The molecule has 3 nitrogen and oxygen atoms in total. The lowest BCUT2D eigenvalue weighted by Crippen LogP contribution is -2.42. The topological polar surface area (TPSA) is 32.3 Å². The zero-order valence-electron chi connectivity index (χ0n) is 18.1. The van der Waals surface area contributed by atoms with Gasteiger partial charge in [-0.2, -0.15) is 0 Å². The number of nitrogens with one attached hydrogen (secondary N) is 1. The first kappa shape index (κ1) is 25.1. The molecular weight excluding hydrogens is 387 g/mol. The molecule has 0 heterocycles. The Balaban J connectivity index is 2.77. The number of nitrogens with zero attached hydrogens (tertiary/aromatic N) is 1. The van der Waals surface area contributed by atoms with Crippen molar-refractivity contribution in [3.8, 4) is 0 Å². The highest BCUT2D eigenvalue weighted by atomic mass is 35.5. The van der Waals surface area contributed by atoms with Crippen LogP contribution in [0.15, 0.2) is 55.2 Å². The Labute approximate surface area is 180 Å². The van der Waals surface area contributed by atoms with Gasteiger partial charge in [-0.05, 0) is 62.0 Å². The van der Waals surface area contributed by atoms with Gasteiger partial charge < -0.3 is 10.2 Å². The summed E-state index contributed by atoms with van der Waals surface area (Å²) in [5.41, 5.74) is 1.90. The monoisotopic (exact) mass is 420 g/mol. The zero-order chi connectivity index (χ0) is 22.0. The quantitative estimate of drug-likeness (QED) is 0.458. The van der Waals surface area contributed by atoms with Gasteiger partial charge in [-0.1, -0.05) is 62.9 Å². The maximum atomic E-state index is 13.3. The summed E-state index contributed by atoms with van der Waals surface area (Å²) in [6.07, 6.45) is 7.39. The molecule has 1 aromatic rings. The highest BCUT2D eigenvalue weighted by Gasteiger charge is 2.20. The average Bonchev–Trinajstić information content (AvgIpc) is 2.63. The van der Waals surface area contributed by atoms with E-state index in [1.807, 2.05) is 25.1 Å². The molecule has 0 aliphatic heterocycles. The third-order valence-electron chi connectivity index (χ3n) is 4.94. The number of benzene rings is 1. The molecule has 0 bridgehead atoms. The molecule has 0 aliphatic carbocycles. The Kier molecular flexibility index (Phi) is 10.9. The largest absolute Gasteiger partial charge is 0.355 e. The minimum absolute atomic E-state index is 0.00418. The number of halogens is 2. The summed E-state index contributed by atoms with van der Waals surface area (Å²) in [5, 5.41) is 3.46. The van der Waals surface area contributed by atoms with Crippen LogP contribution >= 0.6 is 11.6 Å². The molecule has 0 saturated carbocycles. The van der Waals surface area contributed by atoms with Gasteiger partial charge in [0, 0.05) is 24.0 Å². The lowest BCUT2D eigenvalue weighted by Gasteiger charge is -2.26. The van der Waals surface area contributed by atoms with Gasteiger partial charge in [0.25, 0.3) is 0 Å². The molecule has 1 N–H and O–H groups in total. The second-order valence-corrected chi connectivity index (χ2v) is 8.41. The fourth-order valence-electron chi connectivity index (χ4n) is 3.32. The summed E-state index contributed by atoms with van der Waals surface area (Å²) in [4.78, 5) is 14.7. The molecule has 0 fully saturated rings. The smallest absolute Gasteiger partial charge is 0.220 e. The van der Waals surface area contributed by atoms with Gasteiger partial charge in [-0.3, -0.25) is 4.79 Å². The fraction of sp³-hybridized carbons (Fsp3) is 0.458. The van der Waals surface area contributed by atoms with Gasteiger partial charge in [0.15, 0.2) is 0 Å². The third kappa shape index (κ3) is 8.97. The number of allylic oxidation sites excluding steroid dienone is 4. The van der Waals surface area contributed by atoms with E-state index in [-0.39, 0.29) is 23.7 Å². The van der Waals surface area contributed by atoms with E-state index in [0.29, 0.717) is 30.3 Å². The first-order chi connectivity index (χ1) is 13.7. The number of amides is 1. The molecule has 1 rings (SSSR count). The van der Waals surface area contributed by atoms with Crippen LogP contribution in [-0.4, -0.2) is 37.5 Å². The van der Waals surface area contributed by atoms with Crippen molar-refractivity contribution < 1.29 is 9.18 Å². The highest BCUT2D eigenvalue weighted by Crippen LogP contribution is 2.25. The van der Waals surface area contributed by atoms with E-state index < -0.39 is 0 Å². The van der Waals surface area contributed by atoms with E-state index in [9.17, 15) is 9.18 Å². The normalized spacial score (nSPS) is 14.0. The van der Waals surface area contributed by atoms with Crippen molar-refractivity contribution in [2.75, 3.05) is 20.6 Å². The lowest BCUT2D eigenvalue weighted by molar-refractivity contribution is -0.122. The van der Waals surface area contributed by atoms with Crippen LogP contribution in [0.1, 0.15) is 32.3 Å². The van der Waals surface area contributed by atoms with Crippen LogP contribution in [0.5, 0.6) is 0 Å². The van der Waals surface area contributed by atoms with Crippen molar-refractivity contribution in [1.29, 1.82) is 0 Å².